The molecule has 8 nitrogen and oxygen atoms in total. The Kier molecular flexibility index (Phi) is 11.9. The molecule has 0 saturated carbocycles. The molecule has 0 unspecified atom stereocenters. The fourth-order valence-electron chi connectivity index (χ4n) is 3.24. The smallest absolute Gasteiger partial charge is 0.504 e. The fourth-order valence-corrected chi connectivity index (χ4v) is 3.24. The van der Waals surface area contributed by atoms with Gasteiger partial charge in [-0.2, -0.15) is 0 Å². The van der Waals surface area contributed by atoms with Crippen LogP contribution in [0, 0.1) is 0 Å². The van der Waals surface area contributed by atoms with E-state index in [1.165, 1.54) is 0 Å². The molecule has 0 amide bonds. The summed E-state index contributed by atoms with van der Waals surface area (Å²) in [7, 11) is 0. The average molecular weight is 479 g/mol. The minimum Gasteiger partial charge on any atom is -0.504 e. The Morgan fingerprint density at radius 2 is 1.10 bits per heavy atom. The molecule has 0 aromatic carbocycles. The summed E-state index contributed by atoms with van der Waals surface area (Å²) in [6, 6.07) is 0. The Balaban J connectivity index is 0.00000480. The van der Waals surface area contributed by atoms with E-state index in [1.54, 1.807) is 0 Å². The van der Waals surface area contributed by atoms with Crippen LogP contribution in [0.25, 0.3) is 0 Å². The van der Waals surface area contributed by atoms with Crippen LogP contribution in [0.2, 0.25) is 0 Å². The summed E-state index contributed by atoms with van der Waals surface area (Å²) in [6.45, 7) is 4.84. The van der Waals surface area contributed by atoms with Crippen LogP contribution in [-0.2, 0) is 16.5 Å². The molecule has 174 valence electrons. The SMILES string of the molecule is CCCCCC(=NCCN=C(CCCCC)c1c(O)coc1O)c1c(O)coc1O.[Ni+2]. The van der Waals surface area contributed by atoms with Crippen molar-refractivity contribution in [1.82, 2.24) is 0 Å². The molecule has 2 rings (SSSR count). The van der Waals surface area contributed by atoms with Gasteiger partial charge in [-0.05, 0) is 25.7 Å². The zero-order valence-electron chi connectivity index (χ0n) is 18.0. The van der Waals surface area contributed by atoms with Crippen LogP contribution < -0.4 is 0 Å². The molecule has 0 fully saturated rings. The molecule has 0 aliphatic carbocycles. The zero-order valence-corrected chi connectivity index (χ0v) is 19.0. The summed E-state index contributed by atoms with van der Waals surface area (Å²) in [4.78, 5) is 9.07. The molecule has 31 heavy (non-hydrogen) atoms. The molecule has 0 aliphatic heterocycles. The predicted molar refractivity (Wildman–Crippen MR) is 115 cm³/mol. The van der Waals surface area contributed by atoms with Crippen LogP contribution in [0.1, 0.15) is 76.3 Å². The Morgan fingerprint density at radius 3 is 1.39 bits per heavy atom. The first kappa shape index (κ1) is 26.6. The molecule has 0 aliphatic rings. The van der Waals surface area contributed by atoms with E-state index in [0.29, 0.717) is 37.4 Å². The summed E-state index contributed by atoms with van der Waals surface area (Å²) in [5.41, 5.74) is 1.60. The van der Waals surface area contributed by atoms with Crippen LogP contribution in [0.15, 0.2) is 31.3 Å². The first-order chi connectivity index (χ1) is 14.5. The van der Waals surface area contributed by atoms with Gasteiger partial charge in [0, 0.05) is 0 Å². The standard InChI is InChI=1S/C22H32N2O6.Ni/c1-3-5-7-9-15(19-17(25)13-29-21(19)27)23-11-12-24-16(10-8-6-4-2)20-18(26)14-30-22(20)28;/h13-14,25-28H,3-12H2,1-2H3;/q;+2. The van der Waals surface area contributed by atoms with Crippen LogP contribution >= 0.6 is 0 Å². The molecular weight excluding hydrogens is 447 g/mol. The van der Waals surface area contributed by atoms with Crippen LogP contribution in [0.5, 0.6) is 23.4 Å². The van der Waals surface area contributed by atoms with Crippen molar-refractivity contribution in [2.75, 3.05) is 13.1 Å². The number of aromatic hydroxyl groups is 4. The first-order valence-electron chi connectivity index (χ1n) is 10.6. The average Bonchev–Trinajstić information content (AvgIpc) is 3.23. The quantitative estimate of drug-likeness (QED) is 0.179. The monoisotopic (exact) mass is 478 g/mol. The van der Waals surface area contributed by atoms with Gasteiger partial charge < -0.3 is 29.3 Å². The Hall–Kier alpha value is -2.41. The molecule has 2 aromatic rings. The fraction of sp³-hybridized carbons (Fsp3) is 0.545. The largest absolute Gasteiger partial charge is 2.00 e. The maximum Gasteiger partial charge on any atom is 2.00 e. The predicted octanol–water partition coefficient (Wildman–Crippen LogP) is 5.13. The zero-order chi connectivity index (χ0) is 21.9. The number of unbranched alkanes of at least 4 members (excludes halogenated alkanes) is 4. The third-order valence-corrected chi connectivity index (χ3v) is 4.82. The van der Waals surface area contributed by atoms with Gasteiger partial charge in [-0.3, -0.25) is 9.98 Å². The number of nitrogens with zero attached hydrogens (tertiary/aromatic N) is 2. The summed E-state index contributed by atoms with van der Waals surface area (Å²) < 4.78 is 9.78. The third-order valence-electron chi connectivity index (χ3n) is 4.82. The van der Waals surface area contributed by atoms with E-state index in [2.05, 4.69) is 23.8 Å². The van der Waals surface area contributed by atoms with Gasteiger partial charge in [-0.1, -0.05) is 39.5 Å². The van der Waals surface area contributed by atoms with Crippen molar-refractivity contribution in [2.45, 2.75) is 65.2 Å². The molecule has 0 radical (unpaired) electrons. The molecule has 0 saturated heterocycles. The van der Waals surface area contributed by atoms with Crippen molar-refractivity contribution < 1.29 is 45.8 Å². The first-order valence-corrected chi connectivity index (χ1v) is 10.6. The van der Waals surface area contributed by atoms with Gasteiger partial charge in [0.05, 0.1) is 24.5 Å². The normalized spacial score (nSPS) is 12.2. The number of hydrogen-bond acceptors (Lipinski definition) is 8. The van der Waals surface area contributed by atoms with Gasteiger partial charge in [0.25, 0.3) is 11.9 Å². The van der Waals surface area contributed by atoms with Gasteiger partial charge in [-0.15, -0.1) is 0 Å². The third kappa shape index (κ3) is 7.65. The van der Waals surface area contributed by atoms with Crippen molar-refractivity contribution in [3.63, 3.8) is 0 Å². The van der Waals surface area contributed by atoms with E-state index in [-0.39, 0.29) is 51.0 Å². The van der Waals surface area contributed by atoms with Crippen LogP contribution in [0.3, 0.4) is 0 Å². The second-order valence-electron chi connectivity index (χ2n) is 7.17. The summed E-state index contributed by atoms with van der Waals surface area (Å²) >= 11 is 0. The second-order valence-corrected chi connectivity index (χ2v) is 7.17. The molecule has 0 atom stereocenters. The maximum atomic E-state index is 9.98. The van der Waals surface area contributed by atoms with Gasteiger partial charge in [0.1, 0.15) is 23.7 Å². The summed E-state index contributed by atoms with van der Waals surface area (Å²) in [6.07, 6.45) is 9.25. The second kappa shape index (κ2) is 13.8. The van der Waals surface area contributed by atoms with E-state index in [9.17, 15) is 20.4 Å². The molecule has 2 heterocycles. The molecule has 4 N–H and O–H groups in total. The van der Waals surface area contributed by atoms with Gasteiger partial charge in [0.15, 0.2) is 11.5 Å². The minimum absolute atomic E-state index is 0. The topological polar surface area (TPSA) is 132 Å². The van der Waals surface area contributed by atoms with E-state index in [0.717, 1.165) is 51.1 Å². The Morgan fingerprint density at radius 1 is 0.710 bits per heavy atom. The molecular formula is C22H32N2NiO6+2. The maximum absolute atomic E-state index is 9.98. The van der Waals surface area contributed by atoms with Gasteiger partial charge >= 0.3 is 16.5 Å². The molecule has 9 heteroatoms. The van der Waals surface area contributed by atoms with Gasteiger partial charge in [0.2, 0.25) is 0 Å². The van der Waals surface area contributed by atoms with Crippen molar-refractivity contribution in [3.8, 4) is 23.4 Å². The van der Waals surface area contributed by atoms with Crippen LogP contribution in [0.4, 0.5) is 0 Å². The molecule has 0 spiro atoms. The van der Waals surface area contributed by atoms with E-state index in [1.807, 2.05) is 0 Å². The van der Waals surface area contributed by atoms with Crippen LogP contribution in [-0.4, -0.2) is 44.9 Å². The van der Waals surface area contributed by atoms with Crippen molar-refractivity contribution in [3.05, 3.63) is 23.7 Å². The van der Waals surface area contributed by atoms with Crippen molar-refractivity contribution in [2.24, 2.45) is 9.98 Å². The minimum atomic E-state index is -0.347. The van der Waals surface area contributed by atoms with Crippen molar-refractivity contribution >= 4 is 11.4 Å². The van der Waals surface area contributed by atoms with Gasteiger partial charge in [-0.25, -0.2) is 0 Å². The Labute approximate surface area is 192 Å². The summed E-state index contributed by atoms with van der Waals surface area (Å²) in [5, 5.41) is 39.8. The number of hydrogen-bond donors (Lipinski definition) is 4. The number of rotatable bonds is 13. The van der Waals surface area contributed by atoms with Crippen molar-refractivity contribution in [1.29, 1.82) is 0 Å². The van der Waals surface area contributed by atoms with E-state index < -0.39 is 0 Å². The number of aliphatic imine (C=N–C) groups is 2. The van der Waals surface area contributed by atoms with E-state index in [4.69, 9.17) is 8.83 Å². The van der Waals surface area contributed by atoms with E-state index >= 15 is 0 Å². The summed E-state index contributed by atoms with van der Waals surface area (Å²) in [5.74, 6) is -0.973. The molecule has 0 bridgehead atoms. The molecule has 2 aromatic heterocycles. The Bertz CT molecular complexity index is 747. The number of furan rings is 2.